The zero-order valence-electron chi connectivity index (χ0n) is 13.5. The molecule has 0 spiro atoms. The van der Waals surface area contributed by atoms with E-state index in [2.05, 4.69) is 20.4 Å². The fourth-order valence-electron chi connectivity index (χ4n) is 1.75. The van der Waals surface area contributed by atoms with Crippen molar-refractivity contribution in [2.45, 2.75) is 25.8 Å². The Balaban J connectivity index is 0.00000576. The van der Waals surface area contributed by atoms with E-state index in [4.69, 9.17) is 4.74 Å². The lowest BCUT2D eigenvalue weighted by Gasteiger charge is -2.14. The Morgan fingerprint density at radius 3 is 2.40 bits per heavy atom. The van der Waals surface area contributed by atoms with Crippen LogP contribution in [0.2, 0.25) is 0 Å². The zero-order chi connectivity index (χ0) is 18.2. The summed E-state index contributed by atoms with van der Waals surface area (Å²) >= 11 is 0. The SMILES string of the molecule is CN=C(NCCC(F)(F)F)NCc1ccc(OC)c(OC(F)F)c1.I. The number of nitrogens with one attached hydrogen (secondary N) is 2. The summed E-state index contributed by atoms with van der Waals surface area (Å²) in [5, 5.41) is 5.29. The van der Waals surface area contributed by atoms with E-state index in [1.807, 2.05) is 0 Å². The Labute approximate surface area is 159 Å². The minimum absolute atomic E-state index is 0. The number of methoxy groups -OCH3 is 1. The van der Waals surface area contributed by atoms with Crippen LogP contribution in [0.3, 0.4) is 0 Å². The minimum atomic E-state index is -4.26. The van der Waals surface area contributed by atoms with Gasteiger partial charge in [0, 0.05) is 20.1 Å². The quantitative estimate of drug-likeness (QED) is 0.270. The first-order chi connectivity index (χ1) is 11.2. The number of benzene rings is 1. The number of guanidine groups is 1. The van der Waals surface area contributed by atoms with E-state index in [1.54, 1.807) is 6.07 Å². The summed E-state index contributed by atoms with van der Waals surface area (Å²) in [6.07, 6.45) is -5.26. The number of ether oxygens (including phenoxy) is 2. The molecule has 2 N–H and O–H groups in total. The second kappa shape index (κ2) is 11.2. The van der Waals surface area contributed by atoms with Crippen LogP contribution in [-0.2, 0) is 6.54 Å². The van der Waals surface area contributed by atoms with Crippen LogP contribution in [0.1, 0.15) is 12.0 Å². The smallest absolute Gasteiger partial charge is 0.390 e. The molecule has 0 amide bonds. The molecule has 0 heterocycles. The molecule has 0 atom stereocenters. The maximum atomic E-state index is 12.4. The monoisotopic (exact) mass is 483 g/mol. The van der Waals surface area contributed by atoms with Gasteiger partial charge >= 0.3 is 12.8 Å². The molecule has 144 valence electrons. The summed E-state index contributed by atoms with van der Waals surface area (Å²) in [6.45, 7) is -3.18. The molecule has 0 aromatic heterocycles. The van der Waals surface area contributed by atoms with Gasteiger partial charge in [-0.05, 0) is 17.7 Å². The minimum Gasteiger partial charge on any atom is -0.493 e. The summed E-state index contributed by atoms with van der Waals surface area (Å²) in [5.74, 6) is 0.171. The molecule has 0 aliphatic rings. The maximum Gasteiger partial charge on any atom is 0.390 e. The van der Waals surface area contributed by atoms with Gasteiger partial charge in [0.1, 0.15) is 0 Å². The molecule has 25 heavy (non-hydrogen) atoms. The van der Waals surface area contributed by atoms with Gasteiger partial charge in [-0.3, -0.25) is 4.99 Å². The summed E-state index contributed by atoms with van der Waals surface area (Å²) in [6, 6.07) is 4.41. The van der Waals surface area contributed by atoms with Crippen molar-refractivity contribution in [1.82, 2.24) is 10.6 Å². The number of rotatable bonds is 7. The molecule has 0 radical (unpaired) electrons. The van der Waals surface area contributed by atoms with Crippen molar-refractivity contribution >= 4 is 29.9 Å². The number of alkyl halides is 5. The van der Waals surface area contributed by atoms with Crippen molar-refractivity contribution in [3.8, 4) is 11.5 Å². The third-order valence-corrected chi connectivity index (χ3v) is 2.83. The number of nitrogens with zero attached hydrogens (tertiary/aromatic N) is 1. The summed E-state index contributed by atoms with van der Waals surface area (Å²) in [7, 11) is 2.72. The second-order valence-corrected chi connectivity index (χ2v) is 4.58. The van der Waals surface area contributed by atoms with E-state index < -0.39 is 19.2 Å². The van der Waals surface area contributed by atoms with Crippen molar-refractivity contribution in [3.63, 3.8) is 0 Å². The molecule has 0 fully saturated rings. The highest BCUT2D eigenvalue weighted by molar-refractivity contribution is 14.0. The van der Waals surface area contributed by atoms with Crippen LogP contribution >= 0.6 is 24.0 Å². The third kappa shape index (κ3) is 9.51. The number of aliphatic imine (C=N–C) groups is 1. The molecule has 0 saturated carbocycles. The van der Waals surface area contributed by atoms with Gasteiger partial charge in [-0.2, -0.15) is 22.0 Å². The molecule has 0 aliphatic heterocycles. The van der Waals surface area contributed by atoms with Crippen molar-refractivity contribution in [3.05, 3.63) is 23.8 Å². The first-order valence-electron chi connectivity index (χ1n) is 6.88. The second-order valence-electron chi connectivity index (χ2n) is 4.58. The van der Waals surface area contributed by atoms with Gasteiger partial charge in [-0.25, -0.2) is 0 Å². The Bertz CT molecular complexity index is 556. The van der Waals surface area contributed by atoms with E-state index >= 15 is 0 Å². The van der Waals surface area contributed by atoms with Crippen LogP contribution in [-0.4, -0.2) is 39.4 Å². The fraction of sp³-hybridized carbons (Fsp3) is 0.500. The van der Waals surface area contributed by atoms with Gasteiger partial charge in [-0.1, -0.05) is 6.07 Å². The zero-order valence-corrected chi connectivity index (χ0v) is 15.8. The summed E-state index contributed by atoms with van der Waals surface area (Å²) in [5.41, 5.74) is 0.560. The lowest BCUT2D eigenvalue weighted by atomic mass is 10.2. The number of hydrogen-bond acceptors (Lipinski definition) is 3. The lowest BCUT2D eigenvalue weighted by Crippen LogP contribution is -2.38. The highest BCUT2D eigenvalue weighted by Crippen LogP contribution is 2.29. The van der Waals surface area contributed by atoms with E-state index in [1.165, 1.54) is 26.3 Å². The molecule has 0 aliphatic carbocycles. The molecule has 0 bridgehead atoms. The first kappa shape index (κ1) is 23.5. The van der Waals surface area contributed by atoms with Crippen LogP contribution in [0.5, 0.6) is 11.5 Å². The van der Waals surface area contributed by atoms with Crippen LogP contribution in [0.15, 0.2) is 23.2 Å². The van der Waals surface area contributed by atoms with Crippen LogP contribution in [0.4, 0.5) is 22.0 Å². The normalized spacial score (nSPS) is 11.8. The van der Waals surface area contributed by atoms with Crippen molar-refractivity contribution < 1.29 is 31.4 Å². The van der Waals surface area contributed by atoms with Crippen LogP contribution in [0.25, 0.3) is 0 Å². The first-order valence-corrected chi connectivity index (χ1v) is 6.88. The average molecular weight is 483 g/mol. The molecule has 0 saturated heterocycles. The Hall–Kier alpha value is -1.53. The maximum absolute atomic E-state index is 12.4. The van der Waals surface area contributed by atoms with Crippen molar-refractivity contribution in [2.75, 3.05) is 20.7 Å². The molecule has 1 aromatic carbocycles. The highest BCUT2D eigenvalue weighted by Gasteiger charge is 2.26. The Kier molecular flexibility index (Phi) is 10.5. The van der Waals surface area contributed by atoms with Gasteiger partial charge in [0.25, 0.3) is 0 Å². The van der Waals surface area contributed by atoms with E-state index in [0.717, 1.165) is 0 Å². The van der Waals surface area contributed by atoms with E-state index in [0.29, 0.717) is 5.56 Å². The number of hydrogen-bond donors (Lipinski definition) is 2. The molecule has 5 nitrogen and oxygen atoms in total. The Morgan fingerprint density at radius 2 is 1.88 bits per heavy atom. The molecular weight excluding hydrogens is 464 g/mol. The van der Waals surface area contributed by atoms with Gasteiger partial charge in [0.15, 0.2) is 17.5 Å². The van der Waals surface area contributed by atoms with E-state index in [9.17, 15) is 22.0 Å². The third-order valence-electron chi connectivity index (χ3n) is 2.83. The van der Waals surface area contributed by atoms with Crippen molar-refractivity contribution in [2.24, 2.45) is 4.99 Å². The Morgan fingerprint density at radius 1 is 1.20 bits per heavy atom. The largest absolute Gasteiger partial charge is 0.493 e. The molecule has 1 aromatic rings. The predicted molar refractivity (Wildman–Crippen MR) is 93.9 cm³/mol. The summed E-state index contributed by atoms with van der Waals surface area (Å²) < 4.78 is 70.3. The fourth-order valence-corrected chi connectivity index (χ4v) is 1.75. The topological polar surface area (TPSA) is 54.9 Å². The molecular formula is C14H19F5IN3O2. The summed E-state index contributed by atoms with van der Waals surface area (Å²) in [4.78, 5) is 3.78. The van der Waals surface area contributed by atoms with Gasteiger partial charge in [0.2, 0.25) is 0 Å². The van der Waals surface area contributed by atoms with E-state index in [-0.39, 0.29) is 54.5 Å². The number of halogens is 6. The van der Waals surface area contributed by atoms with Gasteiger partial charge < -0.3 is 20.1 Å². The van der Waals surface area contributed by atoms with Crippen molar-refractivity contribution in [1.29, 1.82) is 0 Å². The molecule has 0 unspecified atom stereocenters. The standard InChI is InChI=1S/C14H18F5N3O2.HI/c1-20-13(21-6-5-14(17,18)19)22-8-9-3-4-10(23-2)11(7-9)24-12(15)16;/h3-4,7,12H,5-6,8H2,1-2H3,(H2,20,21,22);1H. The lowest BCUT2D eigenvalue weighted by molar-refractivity contribution is -0.132. The van der Waals surface area contributed by atoms with Gasteiger partial charge in [0.05, 0.1) is 13.5 Å². The molecule has 1 rings (SSSR count). The van der Waals surface area contributed by atoms with Gasteiger partial charge in [-0.15, -0.1) is 24.0 Å². The van der Waals surface area contributed by atoms with Crippen LogP contribution < -0.4 is 20.1 Å². The highest BCUT2D eigenvalue weighted by atomic mass is 127. The van der Waals surface area contributed by atoms with Crippen LogP contribution in [0, 0.1) is 0 Å². The molecule has 11 heteroatoms. The average Bonchev–Trinajstić information content (AvgIpc) is 2.49. The predicted octanol–water partition coefficient (Wildman–Crippen LogP) is 3.53.